The first-order chi connectivity index (χ1) is 7.81. The highest BCUT2D eigenvalue weighted by Crippen LogP contribution is 2.29. The quantitative estimate of drug-likeness (QED) is 0.783. The van der Waals surface area contributed by atoms with Crippen LogP contribution in [-0.4, -0.2) is 0 Å². The van der Waals surface area contributed by atoms with Gasteiger partial charge in [-0.2, -0.15) is 5.26 Å². The summed E-state index contributed by atoms with van der Waals surface area (Å²) < 4.78 is 5.54. The van der Waals surface area contributed by atoms with Crippen LogP contribution in [-0.2, 0) is 0 Å². The van der Waals surface area contributed by atoms with Crippen LogP contribution < -0.4 is 4.74 Å². The van der Waals surface area contributed by atoms with E-state index in [1.165, 1.54) is 0 Å². The van der Waals surface area contributed by atoms with Crippen LogP contribution in [0.25, 0.3) is 0 Å². The molecule has 0 atom stereocenters. The van der Waals surface area contributed by atoms with Gasteiger partial charge in [0, 0.05) is 0 Å². The number of hydrogen-bond acceptors (Lipinski definition) is 2. The number of rotatable bonds is 2. The topological polar surface area (TPSA) is 33.0 Å². The van der Waals surface area contributed by atoms with Crippen molar-refractivity contribution in [3.05, 3.63) is 59.1 Å². The lowest BCUT2D eigenvalue weighted by molar-refractivity contribution is 0.481. The minimum atomic E-state index is 0.341. The Labute approximate surface area is 98.7 Å². The van der Waals surface area contributed by atoms with Crippen molar-refractivity contribution in [3.63, 3.8) is 0 Å². The van der Waals surface area contributed by atoms with E-state index < -0.39 is 0 Å². The summed E-state index contributed by atoms with van der Waals surface area (Å²) in [6.07, 6.45) is 0. The summed E-state index contributed by atoms with van der Waals surface area (Å²) in [6, 6.07) is 17.1. The van der Waals surface area contributed by atoms with Gasteiger partial charge in [0.2, 0.25) is 0 Å². The molecule has 0 fully saturated rings. The Morgan fingerprint density at radius 2 is 2.12 bits per heavy atom. The molecule has 1 radical (unpaired) electrons. The third-order valence-corrected chi connectivity index (χ3v) is 2.31. The molecule has 2 aromatic rings. The smallest absolute Gasteiger partial charge is 0.146 e. The Morgan fingerprint density at radius 1 is 1.25 bits per heavy atom. The second-order valence-corrected chi connectivity index (χ2v) is 3.47. The number of nitrogens with zero attached hydrogens (tertiary/aromatic N) is 1. The van der Waals surface area contributed by atoms with Gasteiger partial charge in [0.1, 0.15) is 23.1 Å². The SMILES string of the molecule is N#Cc1c(Cl)cccc1Oc1c[c]ccc1. The van der Waals surface area contributed by atoms with Crippen molar-refractivity contribution in [2.24, 2.45) is 0 Å². The Hall–Kier alpha value is -1.98. The molecule has 0 bridgehead atoms. The Bertz CT molecular complexity index is 531. The Kier molecular flexibility index (Phi) is 3.09. The van der Waals surface area contributed by atoms with Gasteiger partial charge in [-0.15, -0.1) is 0 Å². The molecule has 2 aromatic carbocycles. The number of halogens is 1. The maximum Gasteiger partial charge on any atom is 0.146 e. The Morgan fingerprint density at radius 3 is 2.81 bits per heavy atom. The molecule has 0 saturated carbocycles. The predicted molar refractivity (Wildman–Crippen MR) is 61.5 cm³/mol. The van der Waals surface area contributed by atoms with E-state index in [1.807, 2.05) is 12.1 Å². The van der Waals surface area contributed by atoms with Gasteiger partial charge in [-0.1, -0.05) is 29.8 Å². The molecular formula is C13H7ClNO. The van der Waals surface area contributed by atoms with Crippen LogP contribution in [0.15, 0.2) is 42.5 Å². The first kappa shape index (κ1) is 10.5. The molecule has 0 heterocycles. The summed E-state index contributed by atoms with van der Waals surface area (Å²) in [7, 11) is 0. The molecule has 0 N–H and O–H groups in total. The number of hydrogen-bond donors (Lipinski definition) is 0. The van der Waals surface area contributed by atoms with E-state index in [4.69, 9.17) is 21.6 Å². The fourth-order valence-corrected chi connectivity index (χ4v) is 1.47. The summed E-state index contributed by atoms with van der Waals surface area (Å²) in [6.45, 7) is 0. The molecule has 0 saturated heterocycles. The van der Waals surface area contributed by atoms with Crippen LogP contribution in [0.5, 0.6) is 11.5 Å². The number of nitriles is 1. The molecule has 0 aliphatic heterocycles. The van der Waals surface area contributed by atoms with Crippen molar-refractivity contribution < 1.29 is 4.74 Å². The number of benzene rings is 2. The van der Waals surface area contributed by atoms with Crippen molar-refractivity contribution >= 4 is 11.6 Å². The van der Waals surface area contributed by atoms with E-state index in [-0.39, 0.29) is 0 Å². The maximum atomic E-state index is 8.96. The lowest BCUT2D eigenvalue weighted by Crippen LogP contribution is -1.88. The van der Waals surface area contributed by atoms with E-state index in [1.54, 1.807) is 36.4 Å². The van der Waals surface area contributed by atoms with Crippen LogP contribution in [0.3, 0.4) is 0 Å². The van der Waals surface area contributed by atoms with Gasteiger partial charge >= 0.3 is 0 Å². The highest BCUT2D eigenvalue weighted by Gasteiger charge is 2.07. The van der Waals surface area contributed by atoms with Crippen LogP contribution >= 0.6 is 11.6 Å². The molecular weight excluding hydrogens is 222 g/mol. The van der Waals surface area contributed by atoms with Crippen LogP contribution in [0.2, 0.25) is 5.02 Å². The predicted octanol–water partition coefficient (Wildman–Crippen LogP) is 3.80. The summed E-state index contributed by atoms with van der Waals surface area (Å²) in [5.74, 6) is 1.08. The Balaban J connectivity index is 2.36. The molecule has 0 spiro atoms. The zero-order valence-corrected chi connectivity index (χ0v) is 9.03. The summed E-state index contributed by atoms with van der Waals surface area (Å²) in [4.78, 5) is 0. The summed E-state index contributed by atoms with van der Waals surface area (Å²) in [5, 5.41) is 9.34. The molecule has 3 heteroatoms. The van der Waals surface area contributed by atoms with E-state index in [9.17, 15) is 0 Å². The molecule has 0 aromatic heterocycles. The molecule has 0 amide bonds. The molecule has 16 heavy (non-hydrogen) atoms. The average molecular weight is 229 g/mol. The van der Waals surface area contributed by atoms with Gasteiger partial charge < -0.3 is 4.74 Å². The zero-order chi connectivity index (χ0) is 11.4. The fourth-order valence-electron chi connectivity index (χ4n) is 1.27. The molecule has 0 aliphatic carbocycles. The average Bonchev–Trinajstić information content (AvgIpc) is 2.31. The molecule has 0 unspecified atom stereocenters. The van der Waals surface area contributed by atoms with E-state index >= 15 is 0 Å². The van der Waals surface area contributed by atoms with Crippen molar-refractivity contribution in [1.82, 2.24) is 0 Å². The van der Waals surface area contributed by atoms with Gasteiger partial charge in [0.25, 0.3) is 0 Å². The lowest BCUT2D eigenvalue weighted by atomic mass is 10.2. The first-order valence-electron chi connectivity index (χ1n) is 4.64. The van der Waals surface area contributed by atoms with Gasteiger partial charge in [0.05, 0.1) is 5.02 Å². The van der Waals surface area contributed by atoms with Crippen LogP contribution in [0.4, 0.5) is 0 Å². The summed E-state index contributed by atoms with van der Waals surface area (Å²) in [5.41, 5.74) is 0.341. The molecule has 0 aliphatic rings. The molecule has 2 rings (SSSR count). The van der Waals surface area contributed by atoms with Gasteiger partial charge in [-0.25, -0.2) is 0 Å². The minimum Gasteiger partial charge on any atom is -0.456 e. The second kappa shape index (κ2) is 4.69. The van der Waals surface area contributed by atoms with Gasteiger partial charge in [-0.3, -0.25) is 0 Å². The van der Waals surface area contributed by atoms with Crippen molar-refractivity contribution in [2.75, 3.05) is 0 Å². The van der Waals surface area contributed by atoms with Crippen LogP contribution in [0.1, 0.15) is 5.56 Å². The minimum absolute atomic E-state index is 0.341. The lowest BCUT2D eigenvalue weighted by Gasteiger charge is -2.07. The molecule has 77 valence electrons. The maximum absolute atomic E-state index is 8.96. The zero-order valence-electron chi connectivity index (χ0n) is 8.27. The number of ether oxygens (including phenoxy) is 1. The second-order valence-electron chi connectivity index (χ2n) is 3.07. The fraction of sp³-hybridized carbons (Fsp3) is 0. The molecule has 2 nitrogen and oxygen atoms in total. The summed E-state index contributed by atoms with van der Waals surface area (Å²) >= 11 is 5.89. The highest BCUT2D eigenvalue weighted by atomic mass is 35.5. The standard InChI is InChI=1S/C13H7ClNO/c14-12-7-4-8-13(11(12)9-15)16-10-5-2-1-3-6-10/h1-2,4-8H. The van der Waals surface area contributed by atoms with Crippen molar-refractivity contribution in [1.29, 1.82) is 5.26 Å². The van der Waals surface area contributed by atoms with E-state index in [2.05, 4.69) is 6.07 Å². The van der Waals surface area contributed by atoms with Gasteiger partial charge in [0.15, 0.2) is 0 Å². The third kappa shape index (κ3) is 2.16. The van der Waals surface area contributed by atoms with E-state index in [0.29, 0.717) is 22.1 Å². The normalized spacial score (nSPS) is 9.50. The first-order valence-corrected chi connectivity index (χ1v) is 5.01. The van der Waals surface area contributed by atoms with Gasteiger partial charge in [-0.05, 0) is 30.3 Å². The van der Waals surface area contributed by atoms with Crippen LogP contribution in [0, 0.1) is 17.4 Å². The van der Waals surface area contributed by atoms with E-state index in [0.717, 1.165) is 0 Å². The van der Waals surface area contributed by atoms with Crippen molar-refractivity contribution in [2.45, 2.75) is 0 Å². The monoisotopic (exact) mass is 228 g/mol. The third-order valence-electron chi connectivity index (χ3n) is 1.99. The highest BCUT2D eigenvalue weighted by molar-refractivity contribution is 6.31. The largest absolute Gasteiger partial charge is 0.456 e. The van der Waals surface area contributed by atoms with Crippen molar-refractivity contribution in [3.8, 4) is 17.6 Å².